The monoisotopic (exact) mass is 296 g/mol. The molecule has 0 heterocycles. The molecule has 0 saturated heterocycles. The summed E-state index contributed by atoms with van der Waals surface area (Å²) in [5, 5.41) is 9.20. The summed E-state index contributed by atoms with van der Waals surface area (Å²) >= 11 is 0. The van der Waals surface area contributed by atoms with Gasteiger partial charge in [-0.25, -0.2) is 8.42 Å². The molecule has 0 amide bonds. The lowest BCUT2D eigenvalue weighted by Gasteiger charge is -2.68. The number of aromatic hydroxyl groups is 1. The first-order valence-electron chi connectivity index (χ1n) is 6.41. The van der Waals surface area contributed by atoms with Gasteiger partial charge < -0.3 is 9.84 Å². The lowest BCUT2D eigenvalue weighted by Crippen LogP contribution is -2.67. The van der Waals surface area contributed by atoms with Crippen LogP contribution in [0.5, 0.6) is 5.75 Å². The molecular weight excluding hydrogens is 280 g/mol. The number of rotatable bonds is 4. The maximum absolute atomic E-state index is 12.3. The highest BCUT2D eigenvalue weighted by Gasteiger charge is 2.72. The molecule has 3 saturated carbocycles. The van der Waals surface area contributed by atoms with Crippen molar-refractivity contribution in [3.8, 4) is 5.75 Å². The van der Waals surface area contributed by atoms with Gasteiger partial charge in [0.05, 0.1) is 23.2 Å². The second-order valence-corrected chi connectivity index (χ2v) is 8.04. The van der Waals surface area contributed by atoms with Crippen LogP contribution in [0.4, 0.5) is 0 Å². The summed E-state index contributed by atoms with van der Waals surface area (Å²) in [6.45, 7) is 0. The Kier molecular flexibility index (Phi) is 2.67. The third kappa shape index (κ3) is 1.82. The quantitative estimate of drug-likeness (QED) is 0.852. The third-order valence-corrected chi connectivity index (χ3v) is 6.43. The van der Waals surface area contributed by atoms with Gasteiger partial charge in [0.25, 0.3) is 0 Å². The zero-order valence-corrected chi connectivity index (χ0v) is 11.9. The summed E-state index contributed by atoms with van der Waals surface area (Å²) in [5.74, 6) is -0.121. The fraction of sp³-hybridized carbons (Fsp3) is 0.500. The zero-order valence-electron chi connectivity index (χ0n) is 11.1. The van der Waals surface area contributed by atoms with Crippen molar-refractivity contribution in [1.29, 1.82) is 0 Å². The van der Waals surface area contributed by atoms with Crippen molar-refractivity contribution in [2.24, 2.45) is 10.8 Å². The van der Waals surface area contributed by atoms with E-state index in [4.69, 9.17) is 4.74 Å². The van der Waals surface area contributed by atoms with Crippen LogP contribution in [0.2, 0.25) is 0 Å². The Labute approximate surface area is 117 Å². The van der Waals surface area contributed by atoms with Gasteiger partial charge in [0.1, 0.15) is 5.75 Å². The molecule has 3 fully saturated rings. The van der Waals surface area contributed by atoms with E-state index in [9.17, 15) is 18.3 Å². The van der Waals surface area contributed by atoms with Crippen LogP contribution in [0.3, 0.4) is 0 Å². The van der Waals surface area contributed by atoms with Gasteiger partial charge in [-0.15, -0.1) is 0 Å². The van der Waals surface area contributed by atoms with E-state index in [1.54, 1.807) is 0 Å². The van der Waals surface area contributed by atoms with Crippen molar-refractivity contribution < 1.29 is 23.1 Å². The molecule has 2 bridgehead atoms. The summed E-state index contributed by atoms with van der Waals surface area (Å²) in [6, 6.07) is 5.55. The van der Waals surface area contributed by atoms with Gasteiger partial charge in [-0.05, 0) is 48.9 Å². The second kappa shape index (κ2) is 3.97. The molecule has 1 aromatic carbocycles. The molecule has 0 aliphatic heterocycles. The molecule has 3 aliphatic carbocycles. The lowest BCUT2D eigenvalue weighted by atomic mass is 9.36. The number of sulfone groups is 1. The molecule has 0 aromatic heterocycles. The maximum Gasteiger partial charge on any atom is 0.311 e. The molecular formula is C14H16O5S. The number of hydrogen-bond donors (Lipinski definition) is 1. The second-order valence-electron chi connectivity index (χ2n) is 6.06. The minimum absolute atomic E-state index is 0.0408. The highest BCUT2D eigenvalue weighted by atomic mass is 32.2. The number of ether oxygens (including phenoxy) is 1. The zero-order chi connectivity index (χ0) is 14.6. The number of carbonyl (C=O) groups excluding carboxylic acids is 1. The molecule has 1 N–H and O–H groups in total. The Morgan fingerprint density at radius 3 is 2.30 bits per heavy atom. The van der Waals surface area contributed by atoms with Gasteiger partial charge in [-0.2, -0.15) is 0 Å². The number of esters is 1. The van der Waals surface area contributed by atoms with Gasteiger partial charge in [0.15, 0.2) is 9.84 Å². The van der Waals surface area contributed by atoms with Crippen LogP contribution in [0, 0.1) is 10.8 Å². The number of benzene rings is 1. The van der Waals surface area contributed by atoms with Gasteiger partial charge in [0.2, 0.25) is 0 Å². The molecule has 0 radical (unpaired) electrons. The molecule has 1 aromatic rings. The maximum atomic E-state index is 12.3. The van der Waals surface area contributed by atoms with Gasteiger partial charge >= 0.3 is 5.97 Å². The molecule has 20 heavy (non-hydrogen) atoms. The first kappa shape index (κ1) is 13.4. The topological polar surface area (TPSA) is 80.7 Å². The number of carbonyl (C=O) groups is 1. The number of methoxy groups -OCH3 is 1. The minimum atomic E-state index is -3.38. The van der Waals surface area contributed by atoms with E-state index >= 15 is 0 Å². The van der Waals surface area contributed by atoms with E-state index < -0.39 is 15.3 Å². The van der Waals surface area contributed by atoms with Gasteiger partial charge in [-0.3, -0.25) is 4.79 Å². The summed E-state index contributed by atoms with van der Waals surface area (Å²) in [6.07, 6.45) is 1.80. The van der Waals surface area contributed by atoms with Crippen molar-refractivity contribution in [3.05, 3.63) is 24.3 Å². The highest BCUT2D eigenvalue weighted by molar-refractivity contribution is 7.91. The van der Waals surface area contributed by atoms with E-state index in [2.05, 4.69) is 0 Å². The molecule has 108 valence electrons. The Morgan fingerprint density at radius 1 is 1.25 bits per heavy atom. The predicted molar refractivity (Wildman–Crippen MR) is 70.9 cm³/mol. The lowest BCUT2D eigenvalue weighted by molar-refractivity contribution is -0.217. The van der Waals surface area contributed by atoms with Crippen LogP contribution in [-0.2, 0) is 19.4 Å². The summed E-state index contributed by atoms with van der Waals surface area (Å²) < 4.78 is 29.4. The fourth-order valence-corrected chi connectivity index (χ4v) is 5.55. The van der Waals surface area contributed by atoms with E-state index in [1.807, 2.05) is 0 Å². The summed E-state index contributed by atoms with van der Waals surface area (Å²) in [4.78, 5) is 11.8. The largest absolute Gasteiger partial charge is 0.508 e. The van der Waals surface area contributed by atoms with Crippen LogP contribution < -0.4 is 0 Å². The Balaban J connectivity index is 1.72. The van der Waals surface area contributed by atoms with Crippen LogP contribution in [0.25, 0.3) is 0 Å². The van der Waals surface area contributed by atoms with E-state index in [0.29, 0.717) is 19.3 Å². The molecule has 6 heteroatoms. The Hall–Kier alpha value is -1.56. The van der Waals surface area contributed by atoms with Crippen molar-refractivity contribution in [3.63, 3.8) is 0 Å². The van der Waals surface area contributed by atoms with Crippen LogP contribution >= 0.6 is 0 Å². The molecule has 4 rings (SSSR count). The van der Waals surface area contributed by atoms with Crippen molar-refractivity contribution in [2.75, 3.05) is 12.9 Å². The standard InChI is InChI=1S/C14H16O5S/c1-19-12(16)14-6-13(7-14,8-14)9-20(17,18)11-4-2-10(15)3-5-11/h2-5,15H,6-9H2,1H3. The van der Waals surface area contributed by atoms with Gasteiger partial charge in [-0.1, -0.05) is 0 Å². The van der Waals surface area contributed by atoms with Crippen molar-refractivity contribution in [2.45, 2.75) is 24.2 Å². The van der Waals surface area contributed by atoms with Gasteiger partial charge in [0, 0.05) is 0 Å². The molecule has 0 spiro atoms. The smallest absolute Gasteiger partial charge is 0.311 e. The molecule has 5 nitrogen and oxygen atoms in total. The SMILES string of the molecule is COC(=O)C12CC(CS(=O)(=O)c3ccc(O)cc3)(C1)C2. The predicted octanol–water partition coefficient (Wildman–Crippen LogP) is 1.51. The molecule has 0 unspecified atom stereocenters. The average Bonchev–Trinajstić information content (AvgIpc) is 2.31. The van der Waals surface area contributed by atoms with Crippen molar-refractivity contribution >= 4 is 15.8 Å². The van der Waals surface area contributed by atoms with Crippen LogP contribution in [0.1, 0.15) is 19.3 Å². The first-order chi connectivity index (χ1) is 9.31. The Morgan fingerprint density at radius 2 is 1.80 bits per heavy atom. The average molecular weight is 296 g/mol. The highest BCUT2D eigenvalue weighted by Crippen LogP contribution is 2.74. The third-order valence-electron chi connectivity index (χ3n) is 4.45. The number of hydrogen-bond acceptors (Lipinski definition) is 5. The van der Waals surface area contributed by atoms with Crippen molar-refractivity contribution in [1.82, 2.24) is 0 Å². The van der Waals surface area contributed by atoms with Crippen LogP contribution in [-0.4, -0.2) is 32.4 Å². The number of phenols is 1. The minimum Gasteiger partial charge on any atom is -0.508 e. The molecule has 3 aliphatic rings. The van der Waals surface area contributed by atoms with E-state index in [0.717, 1.165) is 0 Å². The summed E-state index contributed by atoms with van der Waals surface area (Å²) in [7, 11) is -2.02. The first-order valence-corrected chi connectivity index (χ1v) is 8.06. The van der Waals surface area contributed by atoms with E-state index in [-0.39, 0.29) is 27.8 Å². The Bertz CT molecular complexity index is 640. The molecule has 0 atom stereocenters. The van der Waals surface area contributed by atoms with E-state index in [1.165, 1.54) is 31.4 Å². The fourth-order valence-electron chi connectivity index (χ4n) is 3.72. The van der Waals surface area contributed by atoms with Crippen LogP contribution in [0.15, 0.2) is 29.2 Å². The normalized spacial score (nSPS) is 31.1. The number of phenolic OH excluding ortho intramolecular Hbond substituents is 1. The summed E-state index contributed by atoms with van der Waals surface area (Å²) in [5.41, 5.74) is -0.676.